The molecule has 0 aliphatic carbocycles. The van der Waals surface area contributed by atoms with E-state index in [4.69, 9.17) is 4.74 Å². The summed E-state index contributed by atoms with van der Waals surface area (Å²) in [5, 5.41) is 8.35. The van der Waals surface area contributed by atoms with E-state index in [1.165, 1.54) is 0 Å². The molecule has 53 heavy (non-hydrogen) atoms. The summed E-state index contributed by atoms with van der Waals surface area (Å²) in [7, 11) is 0. The Balaban J connectivity index is 1.37. The number of amides is 4. The van der Waals surface area contributed by atoms with Crippen LogP contribution in [0.3, 0.4) is 0 Å². The molecule has 2 atom stereocenters. The normalized spacial score (nSPS) is 14.9. The molecule has 3 N–H and O–H groups in total. The Morgan fingerprint density at radius 2 is 1.42 bits per heavy atom. The second kappa shape index (κ2) is 16.5. The molecule has 11 heteroatoms. The minimum atomic E-state index is -1.38. The maximum Gasteiger partial charge on any atom is 0.408 e. The number of imidazole rings is 1. The number of aryl methyl sites for hydroxylation is 1. The van der Waals surface area contributed by atoms with Crippen molar-refractivity contribution in [3.8, 4) is 11.1 Å². The van der Waals surface area contributed by atoms with Gasteiger partial charge in [-0.1, -0.05) is 84.9 Å². The molecule has 5 rings (SSSR count). The van der Waals surface area contributed by atoms with E-state index in [1.54, 1.807) is 51.7 Å². The molecule has 4 amide bonds. The van der Waals surface area contributed by atoms with Gasteiger partial charge in [-0.2, -0.15) is 0 Å². The molecule has 0 spiro atoms. The van der Waals surface area contributed by atoms with Gasteiger partial charge in [-0.25, -0.2) is 9.78 Å². The molecular formula is C42H52N6O5. The molecule has 0 bridgehead atoms. The van der Waals surface area contributed by atoms with Crippen molar-refractivity contribution in [3.05, 3.63) is 109 Å². The SMILES string of the molecule is CC(C)(C)OC(=O)NC(C)(C)C(=O)NC(CCCc1ccccc1)C(=O)Nc1cn(C(C)(C(=O)N2CCCC2)c2ccc(-c3ccccc3)cc2)cn1. The molecule has 1 fully saturated rings. The van der Waals surface area contributed by atoms with Gasteiger partial charge in [0, 0.05) is 19.3 Å². The highest BCUT2D eigenvalue weighted by molar-refractivity contribution is 5.98. The van der Waals surface area contributed by atoms with Crippen molar-refractivity contribution in [2.75, 3.05) is 18.4 Å². The van der Waals surface area contributed by atoms with Gasteiger partial charge in [-0.3, -0.25) is 14.4 Å². The number of carbonyl (C=O) groups is 4. The van der Waals surface area contributed by atoms with E-state index in [0.29, 0.717) is 32.4 Å². The maximum atomic E-state index is 14.3. The smallest absolute Gasteiger partial charge is 0.408 e. The first-order valence-corrected chi connectivity index (χ1v) is 18.3. The molecule has 1 aliphatic heterocycles. The Morgan fingerprint density at radius 1 is 0.811 bits per heavy atom. The number of aromatic nitrogens is 2. The molecule has 11 nitrogen and oxygen atoms in total. The average Bonchev–Trinajstić information content (AvgIpc) is 3.84. The number of ether oxygens (including phenoxy) is 1. The molecule has 4 aromatic rings. The predicted octanol–water partition coefficient (Wildman–Crippen LogP) is 6.69. The van der Waals surface area contributed by atoms with Gasteiger partial charge in [0.15, 0.2) is 5.82 Å². The highest BCUT2D eigenvalue weighted by atomic mass is 16.6. The van der Waals surface area contributed by atoms with Gasteiger partial charge in [0.1, 0.15) is 22.7 Å². The molecule has 2 unspecified atom stereocenters. The summed E-state index contributed by atoms with van der Waals surface area (Å²) in [6.45, 7) is 11.6. The zero-order chi connectivity index (χ0) is 38.2. The van der Waals surface area contributed by atoms with E-state index in [-0.39, 0.29) is 11.7 Å². The van der Waals surface area contributed by atoms with Crippen molar-refractivity contribution >= 4 is 29.6 Å². The van der Waals surface area contributed by atoms with Crippen molar-refractivity contribution in [1.82, 2.24) is 25.1 Å². The zero-order valence-electron chi connectivity index (χ0n) is 31.6. The van der Waals surface area contributed by atoms with Gasteiger partial charge in [-0.15, -0.1) is 0 Å². The molecule has 3 aromatic carbocycles. The van der Waals surface area contributed by atoms with Crippen molar-refractivity contribution in [2.45, 2.75) is 96.4 Å². The highest BCUT2D eigenvalue weighted by Gasteiger charge is 2.41. The van der Waals surface area contributed by atoms with Gasteiger partial charge in [0.2, 0.25) is 11.8 Å². The standard InChI is InChI=1S/C42H52N6O5/c1-40(2,3)53-39(52)46-41(4,5)37(50)44-34(21-15-18-30-16-9-7-10-17-30)36(49)45-35-28-48(29-43-35)42(6,38(51)47-26-13-14-27-47)33-24-22-32(23-25-33)31-19-11-8-12-20-31/h7-12,16-17,19-20,22-25,28-29,34H,13-15,18,21,26-27H2,1-6H3,(H,44,50)(H,45,49)(H,46,52). The number of nitrogens with zero attached hydrogens (tertiary/aromatic N) is 3. The summed E-state index contributed by atoms with van der Waals surface area (Å²) in [6, 6.07) is 27.0. The first-order chi connectivity index (χ1) is 25.2. The fourth-order valence-corrected chi connectivity index (χ4v) is 6.45. The lowest BCUT2D eigenvalue weighted by Crippen LogP contribution is -2.58. The van der Waals surface area contributed by atoms with Crippen LogP contribution in [0, 0.1) is 0 Å². The van der Waals surface area contributed by atoms with Crippen LogP contribution < -0.4 is 16.0 Å². The Bertz CT molecular complexity index is 1860. The average molecular weight is 721 g/mol. The number of benzene rings is 3. The van der Waals surface area contributed by atoms with Crippen molar-refractivity contribution < 1.29 is 23.9 Å². The van der Waals surface area contributed by atoms with Crippen LogP contribution in [0.15, 0.2) is 97.5 Å². The Hall–Kier alpha value is -5.45. The summed E-state index contributed by atoms with van der Waals surface area (Å²) in [5.41, 5.74) is 0.743. The topological polar surface area (TPSA) is 135 Å². The summed E-state index contributed by atoms with van der Waals surface area (Å²) in [4.78, 5) is 60.7. The van der Waals surface area contributed by atoms with Crippen LogP contribution in [-0.4, -0.2) is 68.5 Å². The monoisotopic (exact) mass is 720 g/mol. The number of nitrogens with one attached hydrogen (secondary N) is 3. The fourth-order valence-electron chi connectivity index (χ4n) is 6.45. The minimum Gasteiger partial charge on any atom is -0.444 e. The van der Waals surface area contributed by atoms with Crippen molar-refractivity contribution in [1.29, 1.82) is 0 Å². The summed E-state index contributed by atoms with van der Waals surface area (Å²) >= 11 is 0. The van der Waals surface area contributed by atoms with Crippen molar-refractivity contribution in [2.24, 2.45) is 0 Å². The maximum absolute atomic E-state index is 14.3. The summed E-state index contributed by atoms with van der Waals surface area (Å²) in [6.07, 6.45) is 6.01. The number of hydrogen-bond acceptors (Lipinski definition) is 6. The number of carbonyl (C=O) groups excluding carboxylic acids is 4. The first kappa shape index (κ1) is 38.8. The predicted molar refractivity (Wildman–Crippen MR) is 206 cm³/mol. The third-order valence-corrected chi connectivity index (χ3v) is 9.52. The van der Waals surface area contributed by atoms with Crippen LogP contribution in [-0.2, 0) is 31.1 Å². The summed E-state index contributed by atoms with van der Waals surface area (Å²) in [5.74, 6) is -0.825. The van der Waals surface area contributed by atoms with Gasteiger partial charge >= 0.3 is 6.09 Å². The van der Waals surface area contributed by atoms with E-state index in [2.05, 4.69) is 20.9 Å². The third-order valence-electron chi connectivity index (χ3n) is 9.52. The van der Waals surface area contributed by atoms with Crippen LogP contribution in [0.2, 0.25) is 0 Å². The third kappa shape index (κ3) is 9.91. The number of anilines is 1. The highest BCUT2D eigenvalue weighted by Crippen LogP contribution is 2.33. The lowest BCUT2D eigenvalue weighted by molar-refractivity contribution is -0.137. The largest absolute Gasteiger partial charge is 0.444 e. The van der Waals surface area contributed by atoms with E-state index in [9.17, 15) is 19.2 Å². The number of alkyl carbamates (subject to hydrolysis) is 1. The van der Waals surface area contributed by atoms with E-state index < -0.39 is 40.6 Å². The lowest BCUT2D eigenvalue weighted by atomic mass is 9.88. The number of hydrogen-bond donors (Lipinski definition) is 3. The Morgan fingerprint density at radius 3 is 2.04 bits per heavy atom. The minimum absolute atomic E-state index is 0.0523. The molecular weight excluding hydrogens is 668 g/mol. The second-order valence-electron chi connectivity index (χ2n) is 15.3. The van der Waals surface area contributed by atoms with Crippen LogP contribution >= 0.6 is 0 Å². The summed E-state index contributed by atoms with van der Waals surface area (Å²) < 4.78 is 7.11. The molecule has 2 heterocycles. The molecule has 0 radical (unpaired) electrons. The number of likely N-dealkylation sites (tertiary alicyclic amines) is 1. The molecule has 1 saturated heterocycles. The zero-order valence-corrected chi connectivity index (χ0v) is 31.6. The quantitative estimate of drug-likeness (QED) is 0.141. The molecule has 0 saturated carbocycles. The first-order valence-electron chi connectivity index (χ1n) is 18.3. The van der Waals surface area contributed by atoms with Crippen molar-refractivity contribution in [3.63, 3.8) is 0 Å². The molecule has 1 aromatic heterocycles. The van der Waals surface area contributed by atoms with Crippen LogP contribution in [0.5, 0.6) is 0 Å². The fraction of sp³-hybridized carbons (Fsp3) is 0.405. The van der Waals surface area contributed by atoms with Crippen LogP contribution in [0.4, 0.5) is 10.6 Å². The van der Waals surface area contributed by atoms with Crippen LogP contribution in [0.1, 0.15) is 78.4 Å². The van der Waals surface area contributed by atoms with Gasteiger partial charge in [0.05, 0.1) is 6.33 Å². The lowest BCUT2D eigenvalue weighted by Gasteiger charge is -2.34. The molecule has 280 valence electrons. The molecule has 1 aliphatic rings. The van der Waals surface area contributed by atoms with Gasteiger partial charge < -0.3 is 30.2 Å². The number of rotatable bonds is 13. The van der Waals surface area contributed by atoms with Gasteiger partial charge in [0.25, 0.3) is 5.91 Å². The Labute approximate surface area is 312 Å². The van der Waals surface area contributed by atoms with Crippen LogP contribution in [0.25, 0.3) is 11.1 Å². The van der Waals surface area contributed by atoms with E-state index in [1.807, 2.05) is 96.8 Å². The Kier molecular flexibility index (Phi) is 12.1. The van der Waals surface area contributed by atoms with E-state index in [0.717, 1.165) is 35.1 Å². The van der Waals surface area contributed by atoms with E-state index >= 15 is 0 Å². The van der Waals surface area contributed by atoms with Gasteiger partial charge in [-0.05, 0) is 95.9 Å². The second-order valence-corrected chi connectivity index (χ2v) is 15.3.